The number of nitrogen functional groups attached to an aromatic ring is 1. The SMILES string of the molecule is CN1C2=C(SC1c1ccc(N3CCC(F)C3)nc1F)C(=O)N(c1ccnc(N)c1)CC2. The third kappa shape index (κ3) is 3.48. The summed E-state index contributed by atoms with van der Waals surface area (Å²) in [6.45, 7) is 1.28. The summed E-state index contributed by atoms with van der Waals surface area (Å²) in [5, 5.41) is -0.384. The summed E-state index contributed by atoms with van der Waals surface area (Å²) in [5.41, 5.74) is 7.79. The third-order valence-corrected chi connectivity index (χ3v) is 7.38. The van der Waals surface area contributed by atoms with Gasteiger partial charge in [0.1, 0.15) is 23.2 Å². The smallest absolute Gasteiger partial charge is 0.266 e. The van der Waals surface area contributed by atoms with Crippen molar-refractivity contribution in [2.75, 3.05) is 42.2 Å². The first-order valence-electron chi connectivity index (χ1n) is 10.1. The summed E-state index contributed by atoms with van der Waals surface area (Å²) in [5.74, 6) is 0.0872. The average Bonchev–Trinajstić information content (AvgIpc) is 3.32. The molecule has 10 heteroatoms. The van der Waals surface area contributed by atoms with E-state index in [2.05, 4.69) is 9.97 Å². The highest BCUT2D eigenvalue weighted by Gasteiger charge is 2.41. The van der Waals surface area contributed by atoms with Crippen molar-refractivity contribution in [3.05, 3.63) is 52.6 Å². The zero-order chi connectivity index (χ0) is 21.7. The molecule has 3 aliphatic rings. The number of amides is 1. The van der Waals surface area contributed by atoms with Crippen molar-refractivity contribution in [1.82, 2.24) is 14.9 Å². The predicted octanol–water partition coefficient (Wildman–Crippen LogP) is 3.07. The first-order valence-corrected chi connectivity index (χ1v) is 11.0. The number of carbonyl (C=O) groups excluding carboxylic acids is 1. The van der Waals surface area contributed by atoms with Gasteiger partial charge in [-0.05, 0) is 24.6 Å². The van der Waals surface area contributed by atoms with E-state index in [1.165, 1.54) is 11.8 Å². The van der Waals surface area contributed by atoms with Crippen LogP contribution in [0.4, 0.5) is 26.1 Å². The number of nitrogens with zero attached hydrogens (tertiary/aromatic N) is 5. The number of hydrogen-bond donors (Lipinski definition) is 1. The number of thioether (sulfide) groups is 1. The topological polar surface area (TPSA) is 78.6 Å². The van der Waals surface area contributed by atoms with Crippen LogP contribution in [0.1, 0.15) is 23.8 Å². The van der Waals surface area contributed by atoms with Crippen molar-refractivity contribution < 1.29 is 13.6 Å². The number of halogens is 2. The van der Waals surface area contributed by atoms with E-state index in [0.29, 0.717) is 53.7 Å². The lowest BCUT2D eigenvalue weighted by molar-refractivity contribution is -0.114. The van der Waals surface area contributed by atoms with Gasteiger partial charge in [0.15, 0.2) is 0 Å². The molecule has 0 aliphatic carbocycles. The number of rotatable bonds is 3. The maximum atomic E-state index is 15.0. The van der Waals surface area contributed by atoms with Crippen LogP contribution in [-0.2, 0) is 4.79 Å². The quantitative estimate of drug-likeness (QED) is 0.729. The van der Waals surface area contributed by atoms with Gasteiger partial charge in [-0.2, -0.15) is 4.39 Å². The minimum absolute atomic E-state index is 0.123. The van der Waals surface area contributed by atoms with E-state index in [4.69, 9.17) is 5.73 Å². The summed E-state index contributed by atoms with van der Waals surface area (Å²) in [6.07, 6.45) is 1.76. The van der Waals surface area contributed by atoms with Crippen LogP contribution in [0.25, 0.3) is 0 Å². The molecule has 5 heterocycles. The number of pyridine rings is 2. The van der Waals surface area contributed by atoms with Gasteiger partial charge in [0.25, 0.3) is 5.91 Å². The largest absolute Gasteiger partial charge is 0.384 e. The molecule has 31 heavy (non-hydrogen) atoms. The van der Waals surface area contributed by atoms with Crippen LogP contribution in [0.15, 0.2) is 41.1 Å². The van der Waals surface area contributed by atoms with Gasteiger partial charge in [-0.15, -0.1) is 0 Å². The molecule has 1 amide bonds. The molecular formula is C21H22F2N6OS. The molecule has 2 aromatic rings. The number of anilines is 3. The lowest BCUT2D eigenvalue weighted by Gasteiger charge is -2.30. The number of nitrogens with two attached hydrogens (primary N) is 1. The molecular weight excluding hydrogens is 422 g/mol. The van der Waals surface area contributed by atoms with Crippen LogP contribution >= 0.6 is 11.8 Å². The minimum Gasteiger partial charge on any atom is -0.384 e. The van der Waals surface area contributed by atoms with E-state index in [1.54, 1.807) is 40.3 Å². The van der Waals surface area contributed by atoms with Crippen molar-refractivity contribution in [3.8, 4) is 0 Å². The molecule has 2 aromatic heterocycles. The van der Waals surface area contributed by atoms with Gasteiger partial charge in [0, 0.05) is 55.8 Å². The van der Waals surface area contributed by atoms with Gasteiger partial charge >= 0.3 is 0 Å². The average molecular weight is 445 g/mol. The van der Waals surface area contributed by atoms with Gasteiger partial charge in [-0.3, -0.25) is 4.79 Å². The molecule has 0 spiro atoms. The summed E-state index contributed by atoms with van der Waals surface area (Å²) < 4.78 is 28.5. The summed E-state index contributed by atoms with van der Waals surface area (Å²) in [7, 11) is 1.87. The van der Waals surface area contributed by atoms with Gasteiger partial charge in [0.05, 0.1) is 11.4 Å². The molecule has 0 aromatic carbocycles. The molecule has 7 nitrogen and oxygen atoms in total. The van der Waals surface area contributed by atoms with Gasteiger partial charge in [-0.1, -0.05) is 11.8 Å². The van der Waals surface area contributed by atoms with Crippen molar-refractivity contribution in [3.63, 3.8) is 0 Å². The summed E-state index contributed by atoms with van der Waals surface area (Å²) in [4.78, 5) is 27.3. The molecule has 0 radical (unpaired) electrons. The van der Waals surface area contributed by atoms with E-state index in [9.17, 15) is 13.6 Å². The first-order chi connectivity index (χ1) is 14.9. The Morgan fingerprint density at radius 1 is 1.26 bits per heavy atom. The Morgan fingerprint density at radius 3 is 2.81 bits per heavy atom. The second-order valence-electron chi connectivity index (χ2n) is 7.88. The summed E-state index contributed by atoms with van der Waals surface area (Å²) in [6, 6.07) is 6.86. The van der Waals surface area contributed by atoms with Crippen molar-refractivity contribution >= 4 is 35.0 Å². The highest BCUT2D eigenvalue weighted by Crippen LogP contribution is 2.50. The molecule has 0 bridgehead atoms. The second-order valence-corrected chi connectivity index (χ2v) is 8.97. The normalized spacial score (nSPS) is 23.7. The molecule has 3 aliphatic heterocycles. The molecule has 5 rings (SSSR count). The van der Waals surface area contributed by atoms with Crippen molar-refractivity contribution in [2.45, 2.75) is 24.4 Å². The molecule has 2 atom stereocenters. The standard InChI is InChI=1S/C21H22F2N6OS/c1-27-15-6-9-29(13-4-7-25-16(24)10-13)20(30)18(15)31-21(27)14-2-3-17(26-19(14)23)28-8-5-12(22)11-28/h2-4,7,10,12,21H,5-6,8-9,11H2,1H3,(H2,24,25). The molecule has 2 unspecified atom stereocenters. The fraction of sp³-hybridized carbons (Fsp3) is 0.381. The van der Waals surface area contributed by atoms with Crippen LogP contribution in [0.3, 0.4) is 0 Å². The third-order valence-electron chi connectivity index (χ3n) is 5.94. The highest BCUT2D eigenvalue weighted by molar-refractivity contribution is 8.04. The Bertz CT molecular complexity index is 1080. The van der Waals surface area contributed by atoms with E-state index < -0.39 is 12.1 Å². The number of aromatic nitrogens is 2. The first kappa shape index (κ1) is 20.0. The Labute approximate surface area is 182 Å². The van der Waals surface area contributed by atoms with Crippen LogP contribution in [0.2, 0.25) is 0 Å². The lowest BCUT2D eigenvalue weighted by atomic mass is 10.1. The Morgan fingerprint density at radius 2 is 2.10 bits per heavy atom. The van der Waals surface area contributed by atoms with E-state index in [-0.39, 0.29) is 17.8 Å². The van der Waals surface area contributed by atoms with Crippen LogP contribution in [-0.4, -0.2) is 53.6 Å². The zero-order valence-corrected chi connectivity index (χ0v) is 17.8. The predicted molar refractivity (Wildman–Crippen MR) is 117 cm³/mol. The molecule has 0 saturated carbocycles. The highest BCUT2D eigenvalue weighted by atomic mass is 32.2. The maximum Gasteiger partial charge on any atom is 0.266 e. The Hall–Kier alpha value is -2.88. The molecule has 2 N–H and O–H groups in total. The Kier molecular flexibility index (Phi) is 4.96. The van der Waals surface area contributed by atoms with Gasteiger partial charge < -0.3 is 20.4 Å². The molecule has 1 saturated heterocycles. The van der Waals surface area contributed by atoms with Crippen LogP contribution in [0, 0.1) is 5.95 Å². The van der Waals surface area contributed by atoms with Crippen LogP contribution in [0.5, 0.6) is 0 Å². The van der Waals surface area contributed by atoms with Crippen molar-refractivity contribution in [2.24, 2.45) is 0 Å². The fourth-order valence-corrected chi connectivity index (χ4v) is 5.71. The fourth-order valence-electron chi connectivity index (χ4n) is 4.31. The van der Waals surface area contributed by atoms with Crippen molar-refractivity contribution in [1.29, 1.82) is 0 Å². The number of carbonyl (C=O) groups is 1. The lowest BCUT2D eigenvalue weighted by Crippen LogP contribution is -2.37. The summed E-state index contributed by atoms with van der Waals surface area (Å²) >= 11 is 1.33. The maximum absolute atomic E-state index is 15.0. The van der Waals surface area contributed by atoms with Crippen LogP contribution < -0.4 is 15.5 Å². The van der Waals surface area contributed by atoms with Gasteiger partial charge in [-0.25, -0.2) is 14.4 Å². The monoisotopic (exact) mass is 444 g/mol. The minimum atomic E-state index is -0.901. The zero-order valence-electron chi connectivity index (χ0n) is 17.0. The van der Waals surface area contributed by atoms with E-state index >= 15 is 0 Å². The molecule has 1 fully saturated rings. The van der Waals surface area contributed by atoms with E-state index in [1.807, 2.05) is 11.9 Å². The molecule has 162 valence electrons. The van der Waals surface area contributed by atoms with Gasteiger partial charge in [0.2, 0.25) is 5.95 Å². The van der Waals surface area contributed by atoms with E-state index in [0.717, 1.165) is 5.70 Å². The Balaban J connectivity index is 1.38. The number of alkyl halides is 1. The number of hydrogen-bond acceptors (Lipinski definition) is 7. The second kappa shape index (κ2) is 7.67.